The van der Waals surface area contributed by atoms with Gasteiger partial charge in [-0.15, -0.1) is 0 Å². The zero-order chi connectivity index (χ0) is 12.7. The molecule has 0 aliphatic rings. The maximum absolute atomic E-state index is 12.6. The Morgan fingerprint density at radius 2 is 1.94 bits per heavy atom. The van der Waals surface area contributed by atoms with Gasteiger partial charge in [-0.3, -0.25) is 9.59 Å². The molecule has 0 radical (unpaired) electrons. The van der Waals surface area contributed by atoms with Crippen LogP contribution in [0.1, 0.15) is 23.7 Å². The average Bonchev–Trinajstić information content (AvgIpc) is 2.30. The second-order valence-corrected chi connectivity index (χ2v) is 3.32. The number of nitrogens with one attached hydrogen (secondary N) is 1. The maximum atomic E-state index is 12.6. The lowest BCUT2D eigenvalue weighted by Gasteiger charge is -2.05. The van der Waals surface area contributed by atoms with Gasteiger partial charge in [0.2, 0.25) is 0 Å². The maximum Gasteiger partial charge on any atom is 0.307 e. The molecule has 0 aliphatic carbocycles. The number of carbonyl (C=O) groups excluding carboxylic acids is 2. The predicted octanol–water partition coefficient (Wildman–Crippen LogP) is 1.51. The van der Waals surface area contributed by atoms with Gasteiger partial charge in [-0.1, -0.05) is 0 Å². The quantitative estimate of drug-likeness (QED) is 0.792. The minimum absolute atomic E-state index is 0.126. The van der Waals surface area contributed by atoms with E-state index in [9.17, 15) is 14.0 Å². The van der Waals surface area contributed by atoms with Crippen LogP contribution in [-0.4, -0.2) is 25.0 Å². The first-order valence-electron chi connectivity index (χ1n) is 5.33. The molecular formula is C12H14FNO3. The number of halogens is 1. The van der Waals surface area contributed by atoms with Crippen LogP contribution in [0.4, 0.5) is 4.39 Å². The molecule has 1 amide bonds. The van der Waals surface area contributed by atoms with E-state index in [-0.39, 0.29) is 24.8 Å². The van der Waals surface area contributed by atoms with Gasteiger partial charge in [0.25, 0.3) is 5.91 Å². The van der Waals surface area contributed by atoms with Crippen LogP contribution in [0, 0.1) is 5.82 Å². The fourth-order valence-electron chi connectivity index (χ4n) is 1.21. The number of carbonyl (C=O) groups is 2. The van der Waals surface area contributed by atoms with Crippen molar-refractivity contribution in [2.45, 2.75) is 13.3 Å². The van der Waals surface area contributed by atoms with Crippen molar-refractivity contribution < 1.29 is 18.7 Å². The highest BCUT2D eigenvalue weighted by Gasteiger charge is 2.06. The van der Waals surface area contributed by atoms with Crippen LogP contribution >= 0.6 is 0 Å². The standard InChI is InChI=1S/C12H14FNO3/c1-2-17-11(15)7-8-14-12(16)9-3-5-10(13)6-4-9/h3-6H,2,7-8H2,1H3,(H,14,16). The molecule has 1 rings (SSSR count). The first-order valence-corrected chi connectivity index (χ1v) is 5.33. The molecule has 0 aromatic heterocycles. The van der Waals surface area contributed by atoms with E-state index in [1.165, 1.54) is 24.3 Å². The molecule has 0 heterocycles. The molecule has 0 unspecified atom stereocenters. The SMILES string of the molecule is CCOC(=O)CCNC(=O)c1ccc(F)cc1. The van der Waals surface area contributed by atoms with Gasteiger partial charge in [0.05, 0.1) is 13.0 Å². The van der Waals surface area contributed by atoms with Crippen molar-refractivity contribution in [1.29, 1.82) is 0 Å². The van der Waals surface area contributed by atoms with E-state index in [1.54, 1.807) is 6.92 Å². The second-order valence-electron chi connectivity index (χ2n) is 3.32. The average molecular weight is 239 g/mol. The van der Waals surface area contributed by atoms with E-state index in [0.29, 0.717) is 12.2 Å². The smallest absolute Gasteiger partial charge is 0.307 e. The molecule has 17 heavy (non-hydrogen) atoms. The molecule has 0 aliphatic heterocycles. The van der Waals surface area contributed by atoms with Gasteiger partial charge in [-0.2, -0.15) is 0 Å². The van der Waals surface area contributed by atoms with Gasteiger partial charge in [0, 0.05) is 12.1 Å². The highest BCUT2D eigenvalue weighted by atomic mass is 19.1. The lowest BCUT2D eigenvalue weighted by molar-refractivity contribution is -0.142. The molecule has 5 heteroatoms. The van der Waals surface area contributed by atoms with Crippen LogP contribution in [0.25, 0.3) is 0 Å². The Hall–Kier alpha value is -1.91. The minimum Gasteiger partial charge on any atom is -0.466 e. The summed E-state index contributed by atoms with van der Waals surface area (Å²) in [7, 11) is 0. The first-order chi connectivity index (χ1) is 8.13. The molecule has 0 spiro atoms. The molecule has 0 saturated carbocycles. The predicted molar refractivity (Wildman–Crippen MR) is 60.0 cm³/mol. The molecule has 92 valence electrons. The van der Waals surface area contributed by atoms with Gasteiger partial charge < -0.3 is 10.1 Å². The van der Waals surface area contributed by atoms with Crippen molar-refractivity contribution >= 4 is 11.9 Å². The zero-order valence-corrected chi connectivity index (χ0v) is 9.53. The van der Waals surface area contributed by atoms with E-state index >= 15 is 0 Å². The van der Waals surface area contributed by atoms with E-state index in [4.69, 9.17) is 4.74 Å². The van der Waals surface area contributed by atoms with Crippen LogP contribution in [0.15, 0.2) is 24.3 Å². The number of esters is 1. The number of amides is 1. The number of rotatable bonds is 5. The Bertz CT molecular complexity index is 389. The van der Waals surface area contributed by atoms with E-state index in [0.717, 1.165) is 0 Å². The number of benzene rings is 1. The Kier molecular flexibility index (Phi) is 5.13. The molecule has 0 atom stereocenters. The van der Waals surface area contributed by atoms with E-state index < -0.39 is 5.82 Å². The zero-order valence-electron chi connectivity index (χ0n) is 9.53. The number of hydrogen-bond donors (Lipinski definition) is 1. The van der Waals surface area contributed by atoms with Crippen molar-refractivity contribution in [3.63, 3.8) is 0 Å². The Morgan fingerprint density at radius 1 is 1.29 bits per heavy atom. The van der Waals surface area contributed by atoms with E-state index in [2.05, 4.69) is 5.32 Å². The molecule has 0 fully saturated rings. The molecule has 4 nitrogen and oxygen atoms in total. The van der Waals surface area contributed by atoms with Crippen molar-refractivity contribution in [3.8, 4) is 0 Å². The summed E-state index contributed by atoms with van der Waals surface area (Å²) in [4.78, 5) is 22.5. The number of ether oxygens (including phenoxy) is 1. The second kappa shape index (κ2) is 6.62. The lowest BCUT2D eigenvalue weighted by atomic mass is 10.2. The molecule has 0 saturated heterocycles. The molecular weight excluding hydrogens is 225 g/mol. The minimum atomic E-state index is -0.395. The molecule has 0 bridgehead atoms. The summed E-state index contributed by atoms with van der Waals surface area (Å²) in [5, 5.41) is 2.55. The van der Waals surface area contributed by atoms with Crippen molar-refractivity contribution in [1.82, 2.24) is 5.32 Å². The van der Waals surface area contributed by atoms with Gasteiger partial charge in [-0.25, -0.2) is 4.39 Å². The van der Waals surface area contributed by atoms with Gasteiger partial charge in [-0.05, 0) is 31.2 Å². The van der Waals surface area contributed by atoms with Crippen molar-refractivity contribution in [3.05, 3.63) is 35.6 Å². The fourth-order valence-corrected chi connectivity index (χ4v) is 1.21. The van der Waals surface area contributed by atoms with Crippen LogP contribution < -0.4 is 5.32 Å². The van der Waals surface area contributed by atoms with Crippen LogP contribution in [0.3, 0.4) is 0 Å². The topological polar surface area (TPSA) is 55.4 Å². The summed E-state index contributed by atoms with van der Waals surface area (Å²) in [6.45, 7) is 2.24. The van der Waals surface area contributed by atoms with Gasteiger partial charge in [0.1, 0.15) is 5.82 Å². The van der Waals surface area contributed by atoms with Crippen LogP contribution in [-0.2, 0) is 9.53 Å². The summed E-state index contributed by atoms with van der Waals surface area (Å²) in [5.41, 5.74) is 0.357. The van der Waals surface area contributed by atoms with Crippen LogP contribution in [0.2, 0.25) is 0 Å². The van der Waals surface area contributed by atoms with Gasteiger partial charge >= 0.3 is 5.97 Å². The summed E-state index contributed by atoms with van der Waals surface area (Å²) in [6.07, 6.45) is 0.126. The fraction of sp³-hybridized carbons (Fsp3) is 0.333. The Labute approximate surface area is 98.8 Å². The summed E-state index contributed by atoms with van der Waals surface area (Å²) in [6, 6.07) is 5.19. The lowest BCUT2D eigenvalue weighted by Crippen LogP contribution is -2.26. The number of hydrogen-bond acceptors (Lipinski definition) is 3. The Morgan fingerprint density at radius 3 is 2.53 bits per heavy atom. The summed E-state index contributed by atoms with van der Waals surface area (Å²) in [5.74, 6) is -1.09. The van der Waals surface area contributed by atoms with E-state index in [1.807, 2.05) is 0 Å². The third kappa shape index (κ3) is 4.63. The first kappa shape index (κ1) is 13.2. The highest BCUT2D eigenvalue weighted by molar-refractivity contribution is 5.94. The largest absolute Gasteiger partial charge is 0.466 e. The van der Waals surface area contributed by atoms with Crippen molar-refractivity contribution in [2.75, 3.05) is 13.2 Å². The third-order valence-electron chi connectivity index (χ3n) is 2.03. The molecule has 1 aromatic carbocycles. The highest BCUT2D eigenvalue weighted by Crippen LogP contribution is 2.02. The monoisotopic (exact) mass is 239 g/mol. The molecule has 1 N–H and O–H groups in total. The van der Waals surface area contributed by atoms with Crippen molar-refractivity contribution in [2.24, 2.45) is 0 Å². The third-order valence-corrected chi connectivity index (χ3v) is 2.03. The summed E-state index contributed by atoms with van der Waals surface area (Å²) < 4.78 is 17.3. The normalized spacial score (nSPS) is 9.76. The summed E-state index contributed by atoms with van der Waals surface area (Å²) >= 11 is 0. The molecule has 1 aromatic rings. The van der Waals surface area contributed by atoms with Crippen LogP contribution in [0.5, 0.6) is 0 Å². The van der Waals surface area contributed by atoms with Gasteiger partial charge in [0.15, 0.2) is 0 Å². The Balaban J connectivity index is 2.35.